The summed E-state index contributed by atoms with van der Waals surface area (Å²) in [5, 5.41) is 0. The Labute approximate surface area is 78.2 Å². The van der Waals surface area contributed by atoms with Gasteiger partial charge in [0.1, 0.15) is 0 Å². The molecular formula is C11H13N2. The molecule has 2 rings (SSSR count). The van der Waals surface area contributed by atoms with Gasteiger partial charge in [0.05, 0.1) is 0 Å². The molecule has 0 amide bonds. The van der Waals surface area contributed by atoms with E-state index in [0.717, 1.165) is 6.42 Å². The molecule has 0 saturated carbocycles. The van der Waals surface area contributed by atoms with E-state index in [1.165, 1.54) is 11.4 Å². The molecular weight excluding hydrogens is 160 g/mol. The van der Waals surface area contributed by atoms with Gasteiger partial charge in [0.2, 0.25) is 0 Å². The van der Waals surface area contributed by atoms with Gasteiger partial charge in [-0.05, 0) is 30.7 Å². The molecule has 13 heavy (non-hydrogen) atoms. The van der Waals surface area contributed by atoms with Crippen molar-refractivity contribution in [1.82, 2.24) is 9.55 Å². The number of hydrogen-bond donors (Lipinski definition) is 1. The summed E-state index contributed by atoms with van der Waals surface area (Å²) < 4.78 is 2.11. The van der Waals surface area contributed by atoms with Crippen LogP contribution in [0.25, 0.3) is 0 Å². The van der Waals surface area contributed by atoms with Crippen LogP contribution in [0.5, 0.6) is 0 Å². The van der Waals surface area contributed by atoms with Crippen molar-refractivity contribution in [1.29, 1.82) is 0 Å². The number of nitrogens with one attached hydrogen (secondary N) is 1. The molecule has 0 aliphatic heterocycles. The van der Waals surface area contributed by atoms with E-state index in [-0.39, 0.29) is 0 Å². The van der Waals surface area contributed by atoms with Crippen LogP contribution in [-0.2, 0) is 13.5 Å². The molecule has 2 nitrogen and oxygen atoms in total. The normalized spacial score (nSPS) is 10.5. The second kappa shape index (κ2) is 3.52. The average Bonchev–Trinajstić information content (AvgIpc) is 2.72. The fourth-order valence-corrected chi connectivity index (χ4v) is 1.40. The Morgan fingerprint density at radius 3 is 2.92 bits per heavy atom. The van der Waals surface area contributed by atoms with Crippen LogP contribution in [0, 0.1) is 6.42 Å². The lowest BCUT2D eigenvalue weighted by Crippen LogP contribution is -1.95. The van der Waals surface area contributed by atoms with Crippen LogP contribution in [-0.4, -0.2) is 9.55 Å². The first-order valence-corrected chi connectivity index (χ1v) is 4.43. The predicted molar refractivity (Wildman–Crippen MR) is 53.3 cm³/mol. The maximum Gasteiger partial charge on any atom is 0.0213 e. The van der Waals surface area contributed by atoms with Crippen molar-refractivity contribution in [3.8, 4) is 0 Å². The van der Waals surface area contributed by atoms with Gasteiger partial charge in [0.25, 0.3) is 0 Å². The van der Waals surface area contributed by atoms with Crippen molar-refractivity contribution >= 4 is 0 Å². The molecule has 0 spiro atoms. The van der Waals surface area contributed by atoms with Crippen LogP contribution in [0.15, 0.2) is 36.7 Å². The molecule has 0 aromatic carbocycles. The molecule has 0 fully saturated rings. The number of H-pyrrole nitrogens is 1. The highest BCUT2D eigenvalue weighted by molar-refractivity contribution is 5.19. The van der Waals surface area contributed by atoms with Gasteiger partial charge in [0, 0.05) is 37.3 Å². The lowest BCUT2D eigenvalue weighted by molar-refractivity contribution is 0.873. The third-order valence-corrected chi connectivity index (χ3v) is 2.18. The number of aryl methyl sites for hydroxylation is 1. The Morgan fingerprint density at radius 2 is 2.31 bits per heavy atom. The quantitative estimate of drug-likeness (QED) is 0.734. The van der Waals surface area contributed by atoms with Gasteiger partial charge in [-0.2, -0.15) is 0 Å². The molecule has 2 heterocycles. The second-order valence-electron chi connectivity index (χ2n) is 3.15. The number of rotatable bonds is 3. The number of hydrogen-bond acceptors (Lipinski definition) is 0. The first kappa shape index (κ1) is 8.17. The highest BCUT2D eigenvalue weighted by atomic mass is 14.9. The van der Waals surface area contributed by atoms with Crippen LogP contribution in [0.2, 0.25) is 0 Å². The Kier molecular flexibility index (Phi) is 2.21. The molecule has 2 aromatic heterocycles. The third kappa shape index (κ3) is 1.83. The maximum atomic E-state index is 3.18. The van der Waals surface area contributed by atoms with E-state index in [0.29, 0.717) is 0 Å². The zero-order valence-electron chi connectivity index (χ0n) is 7.70. The minimum absolute atomic E-state index is 0.963. The van der Waals surface area contributed by atoms with Gasteiger partial charge < -0.3 is 9.55 Å². The summed E-state index contributed by atoms with van der Waals surface area (Å²) >= 11 is 0. The molecule has 2 heteroatoms. The lowest BCUT2D eigenvalue weighted by atomic mass is 10.2. The number of aromatic amines is 1. The minimum atomic E-state index is 0.963. The Hall–Kier alpha value is -1.44. The van der Waals surface area contributed by atoms with Crippen molar-refractivity contribution in [3.05, 3.63) is 54.5 Å². The fraction of sp³-hybridized carbons (Fsp3) is 0.182. The smallest absolute Gasteiger partial charge is 0.0213 e. The van der Waals surface area contributed by atoms with Crippen LogP contribution in [0.3, 0.4) is 0 Å². The zero-order chi connectivity index (χ0) is 9.10. The maximum absolute atomic E-state index is 3.18. The Morgan fingerprint density at radius 1 is 1.38 bits per heavy atom. The van der Waals surface area contributed by atoms with E-state index < -0.39 is 0 Å². The van der Waals surface area contributed by atoms with Crippen LogP contribution in [0.4, 0.5) is 0 Å². The van der Waals surface area contributed by atoms with E-state index in [1.807, 2.05) is 12.3 Å². The third-order valence-electron chi connectivity index (χ3n) is 2.18. The number of nitrogens with zero attached hydrogens (tertiary/aromatic N) is 1. The van der Waals surface area contributed by atoms with Crippen LogP contribution in [0.1, 0.15) is 11.4 Å². The molecule has 1 N–H and O–H groups in total. The van der Waals surface area contributed by atoms with E-state index in [2.05, 4.69) is 47.4 Å². The highest BCUT2D eigenvalue weighted by Gasteiger charge is 1.98. The molecule has 0 atom stereocenters. The van der Waals surface area contributed by atoms with Gasteiger partial charge in [-0.1, -0.05) is 0 Å². The fourth-order valence-electron chi connectivity index (χ4n) is 1.40. The number of aromatic nitrogens is 2. The summed E-state index contributed by atoms with van der Waals surface area (Å²) in [6.07, 6.45) is 7.19. The molecule has 2 aromatic rings. The SMILES string of the molecule is Cn1cccc1[CH]Cc1ccc[nH]1. The van der Waals surface area contributed by atoms with Gasteiger partial charge in [-0.25, -0.2) is 0 Å². The van der Waals surface area contributed by atoms with Gasteiger partial charge in [-0.15, -0.1) is 0 Å². The second-order valence-corrected chi connectivity index (χ2v) is 3.15. The molecule has 0 unspecified atom stereocenters. The van der Waals surface area contributed by atoms with E-state index in [9.17, 15) is 0 Å². The average molecular weight is 173 g/mol. The molecule has 0 aliphatic rings. The Balaban J connectivity index is 1.97. The molecule has 67 valence electrons. The summed E-state index contributed by atoms with van der Waals surface area (Å²) in [6.45, 7) is 0. The largest absolute Gasteiger partial charge is 0.365 e. The van der Waals surface area contributed by atoms with Gasteiger partial charge >= 0.3 is 0 Å². The minimum Gasteiger partial charge on any atom is -0.365 e. The Bertz CT molecular complexity index is 357. The highest BCUT2D eigenvalue weighted by Crippen LogP contribution is 2.07. The first-order chi connectivity index (χ1) is 6.36. The van der Waals surface area contributed by atoms with E-state index in [1.54, 1.807) is 0 Å². The van der Waals surface area contributed by atoms with Crippen LogP contribution >= 0.6 is 0 Å². The van der Waals surface area contributed by atoms with Crippen molar-refractivity contribution in [2.24, 2.45) is 7.05 Å². The molecule has 0 bridgehead atoms. The standard InChI is InChI=1S/C11H13N2/c1-13-9-3-5-11(13)7-6-10-4-2-8-12-10/h2-5,7-9,12H,6H2,1H3. The van der Waals surface area contributed by atoms with Crippen molar-refractivity contribution < 1.29 is 0 Å². The van der Waals surface area contributed by atoms with Crippen molar-refractivity contribution in [2.45, 2.75) is 6.42 Å². The summed E-state index contributed by atoms with van der Waals surface area (Å²) in [5.41, 5.74) is 2.51. The van der Waals surface area contributed by atoms with Gasteiger partial charge in [-0.3, -0.25) is 0 Å². The zero-order valence-corrected chi connectivity index (χ0v) is 7.70. The van der Waals surface area contributed by atoms with E-state index >= 15 is 0 Å². The topological polar surface area (TPSA) is 20.7 Å². The summed E-state index contributed by atoms with van der Waals surface area (Å²) in [4.78, 5) is 3.18. The predicted octanol–water partition coefficient (Wildman–Crippen LogP) is 2.15. The van der Waals surface area contributed by atoms with E-state index in [4.69, 9.17) is 0 Å². The summed E-state index contributed by atoms with van der Waals surface area (Å²) in [6, 6.07) is 8.29. The molecule has 0 saturated heterocycles. The lowest BCUT2D eigenvalue weighted by Gasteiger charge is -2.00. The molecule has 1 radical (unpaired) electrons. The summed E-state index contributed by atoms with van der Waals surface area (Å²) in [7, 11) is 2.06. The van der Waals surface area contributed by atoms with Crippen molar-refractivity contribution in [3.63, 3.8) is 0 Å². The van der Waals surface area contributed by atoms with Crippen molar-refractivity contribution in [2.75, 3.05) is 0 Å². The van der Waals surface area contributed by atoms with Gasteiger partial charge in [0.15, 0.2) is 0 Å². The van der Waals surface area contributed by atoms with Crippen LogP contribution < -0.4 is 0 Å². The first-order valence-electron chi connectivity index (χ1n) is 4.43. The monoisotopic (exact) mass is 173 g/mol. The molecule has 0 aliphatic carbocycles. The summed E-state index contributed by atoms with van der Waals surface area (Å²) in [5.74, 6) is 0.